The Hall–Kier alpha value is -1.92. The summed E-state index contributed by atoms with van der Waals surface area (Å²) in [5.74, 6) is 0.486. The van der Waals surface area contributed by atoms with Gasteiger partial charge in [-0.25, -0.2) is 8.42 Å². The second kappa shape index (κ2) is 7.10. The topological polar surface area (TPSA) is 55.2 Å². The van der Waals surface area contributed by atoms with E-state index in [0.717, 1.165) is 24.9 Å². The SMILES string of the molecule is O=S(=O)(/C=C/c1ccccc1)N1CCC(Cn2cccn2)CC1. The molecule has 1 aliphatic rings. The summed E-state index contributed by atoms with van der Waals surface area (Å²) in [5.41, 5.74) is 0.893. The predicted octanol–water partition coefficient (Wildman–Crippen LogP) is 2.60. The van der Waals surface area contributed by atoms with Crippen LogP contribution in [0, 0.1) is 5.92 Å². The van der Waals surface area contributed by atoms with Gasteiger partial charge in [-0.2, -0.15) is 9.40 Å². The fraction of sp³-hybridized carbons (Fsp3) is 0.353. The average Bonchev–Trinajstić information content (AvgIpc) is 3.08. The van der Waals surface area contributed by atoms with Crippen LogP contribution in [0.25, 0.3) is 6.08 Å². The molecule has 0 unspecified atom stereocenters. The maximum Gasteiger partial charge on any atom is 0.236 e. The molecule has 1 aliphatic heterocycles. The largest absolute Gasteiger partial charge is 0.272 e. The molecule has 1 aromatic heterocycles. The second-order valence-electron chi connectivity index (χ2n) is 5.83. The molecule has 1 saturated heterocycles. The molecule has 0 atom stereocenters. The number of hydrogen-bond acceptors (Lipinski definition) is 3. The molecule has 0 N–H and O–H groups in total. The summed E-state index contributed by atoms with van der Waals surface area (Å²) >= 11 is 0. The van der Waals surface area contributed by atoms with Crippen molar-refractivity contribution in [3.05, 3.63) is 59.8 Å². The molecule has 0 spiro atoms. The van der Waals surface area contributed by atoms with E-state index in [1.165, 1.54) is 5.41 Å². The maximum atomic E-state index is 12.4. The number of nitrogens with zero attached hydrogens (tertiary/aromatic N) is 3. The Morgan fingerprint density at radius 2 is 1.87 bits per heavy atom. The van der Waals surface area contributed by atoms with Crippen molar-refractivity contribution in [3.63, 3.8) is 0 Å². The Balaban J connectivity index is 1.57. The van der Waals surface area contributed by atoms with Crippen molar-refractivity contribution in [1.82, 2.24) is 14.1 Å². The van der Waals surface area contributed by atoms with Gasteiger partial charge in [-0.3, -0.25) is 4.68 Å². The molecule has 0 amide bonds. The zero-order valence-corrected chi connectivity index (χ0v) is 13.8. The molecule has 6 heteroatoms. The molecule has 0 aliphatic carbocycles. The molecule has 0 bridgehead atoms. The van der Waals surface area contributed by atoms with E-state index >= 15 is 0 Å². The van der Waals surface area contributed by atoms with Crippen LogP contribution in [0.15, 0.2) is 54.2 Å². The number of benzene rings is 1. The van der Waals surface area contributed by atoms with Gasteiger partial charge >= 0.3 is 0 Å². The predicted molar refractivity (Wildman–Crippen MR) is 90.9 cm³/mol. The normalized spacial score (nSPS) is 17.7. The molecule has 0 radical (unpaired) electrons. The van der Waals surface area contributed by atoms with Gasteiger partial charge in [-0.1, -0.05) is 30.3 Å². The van der Waals surface area contributed by atoms with Crippen LogP contribution in [0.2, 0.25) is 0 Å². The highest BCUT2D eigenvalue weighted by atomic mass is 32.2. The summed E-state index contributed by atoms with van der Waals surface area (Å²) in [4.78, 5) is 0. The first-order chi connectivity index (χ1) is 11.1. The molecule has 1 fully saturated rings. The van der Waals surface area contributed by atoms with Crippen LogP contribution in [-0.2, 0) is 16.6 Å². The van der Waals surface area contributed by atoms with Crippen molar-refractivity contribution in [3.8, 4) is 0 Å². The number of aromatic nitrogens is 2. The molecule has 3 rings (SSSR count). The summed E-state index contributed by atoms with van der Waals surface area (Å²) in [7, 11) is -3.34. The fourth-order valence-electron chi connectivity index (χ4n) is 2.83. The van der Waals surface area contributed by atoms with Gasteiger partial charge in [-0.15, -0.1) is 0 Å². The highest BCUT2D eigenvalue weighted by Gasteiger charge is 2.26. The lowest BCUT2D eigenvalue weighted by Crippen LogP contribution is -2.38. The molecule has 23 heavy (non-hydrogen) atoms. The summed E-state index contributed by atoms with van der Waals surface area (Å²) in [6.07, 6.45) is 7.13. The zero-order valence-electron chi connectivity index (χ0n) is 13.0. The molecule has 2 aromatic rings. The van der Waals surface area contributed by atoms with Gasteiger partial charge in [0.2, 0.25) is 10.0 Å². The highest BCUT2D eigenvalue weighted by molar-refractivity contribution is 7.92. The van der Waals surface area contributed by atoms with Gasteiger partial charge in [-0.05, 0) is 36.5 Å². The average molecular weight is 331 g/mol. The lowest BCUT2D eigenvalue weighted by Gasteiger charge is -2.30. The van der Waals surface area contributed by atoms with E-state index < -0.39 is 10.0 Å². The molecule has 2 heterocycles. The Kier molecular flexibility index (Phi) is 4.93. The summed E-state index contributed by atoms with van der Waals surface area (Å²) in [6.45, 7) is 2.02. The van der Waals surface area contributed by atoms with E-state index in [1.807, 2.05) is 47.3 Å². The lowest BCUT2D eigenvalue weighted by atomic mass is 9.98. The molecule has 0 saturated carbocycles. The van der Waals surface area contributed by atoms with E-state index in [-0.39, 0.29) is 0 Å². The van der Waals surface area contributed by atoms with Crippen LogP contribution in [0.4, 0.5) is 0 Å². The van der Waals surface area contributed by atoms with Crippen LogP contribution in [0.3, 0.4) is 0 Å². The van der Waals surface area contributed by atoms with Crippen molar-refractivity contribution in [2.24, 2.45) is 5.92 Å². The molecular weight excluding hydrogens is 310 g/mol. The number of rotatable bonds is 5. The van der Waals surface area contributed by atoms with E-state index in [4.69, 9.17) is 0 Å². The third-order valence-corrected chi connectivity index (χ3v) is 5.73. The maximum absolute atomic E-state index is 12.4. The van der Waals surface area contributed by atoms with E-state index in [2.05, 4.69) is 5.10 Å². The summed E-state index contributed by atoms with van der Waals surface area (Å²) in [6, 6.07) is 11.4. The first-order valence-electron chi connectivity index (χ1n) is 7.84. The van der Waals surface area contributed by atoms with Crippen molar-refractivity contribution in [2.45, 2.75) is 19.4 Å². The standard InChI is InChI=1S/C17H21N3O2S/c21-23(22,14-9-16-5-2-1-3-6-16)20-12-7-17(8-13-20)15-19-11-4-10-18-19/h1-6,9-11,14,17H,7-8,12-13,15H2/b14-9+. The van der Waals surface area contributed by atoms with Gasteiger partial charge < -0.3 is 0 Å². The van der Waals surface area contributed by atoms with Gasteiger partial charge in [0.1, 0.15) is 0 Å². The number of sulfonamides is 1. The zero-order chi connectivity index (χ0) is 16.1. The van der Waals surface area contributed by atoms with Crippen LogP contribution < -0.4 is 0 Å². The van der Waals surface area contributed by atoms with Crippen molar-refractivity contribution in [2.75, 3.05) is 13.1 Å². The summed E-state index contributed by atoms with van der Waals surface area (Å²) in [5, 5.41) is 5.53. The van der Waals surface area contributed by atoms with Gasteiger partial charge in [0.25, 0.3) is 0 Å². The minimum Gasteiger partial charge on any atom is -0.272 e. The van der Waals surface area contributed by atoms with Crippen LogP contribution in [-0.4, -0.2) is 35.6 Å². The van der Waals surface area contributed by atoms with Gasteiger partial charge in [0, 0.05) is 37.4 Å². The molecular formula is C17H21N3O2S. The van der Waals surface area contributed by atoms with Crippen LogP contribution in [0.1, 0.15) is 18.4 Å². The third kappa shape index (κ3) is 4.30. The van der Waals surface area contributed by atoms with Crippen molar-refractivity contribution < 1.29 is 8.42 Å². The van der Waals surface area contributed by atoms with Crippen LogP contribution >= 0.6 is 0 Å². The minimum absolute atomic E-state index is 0.486. The first kappa shape index (κ1) is 16.0. The third-order valence-electron chi connectivity index (χ3n) is 4.17. The Bertz CT molecular complexity index is 731. The first-order valence-corrected chi connectivity index (χ1v) is 9.34. The van der Waals surface area contributed by atoms with Gasteiger partial charge in [0.15, 0.2) is 0 Å². The minimum atomic E-state index is -3.34. The monoisotopic (exact) mass is 331 g/mol. The van der Waals surface area contributed by atoms with Crippen LogP contribution in [0.5, 0.6) is 0 Å². The quantitative estimate of drug-likeness (QED) is 0.846. The Morgan fingerprint density at radius 1 is 1.13 bits per heavy atom. The van der Waals surface area contributed by atoms with Crippen molar-refractivity contribution >= 4 is 16.1 Å². The fourth-order valence-corrected chi connectivity index (χ4v) is 4.06. The van der Waals surface area contributed by atoms with E-state index in [1.54, 1.807) is 16.6 Å². The molecule has 122 valence electrons. The van der Waals surface area contributed by atoms with E-state index in [9.17, 15) is 8.42 Å². The lowest BCUT2D eigenvalue weighted by molar-refractivity contribution is 0.249. The van der Waals surface area contributed by atoms with Crippen molar-refractivity contribution in [1.29, 1.82) is 0 Å². The van der Waals surface area contributed by atoms with Gasteiger partial charge in [0.05, 0.1) is 0 Å². The highest BCUT2D eigenvalue weighted by Crippen LogP contribution is 2.22. The number of hydrogen-bond donors (Lipinski definition) is 0. The smallest absolute Gasteiger partial charge is 0.236 e. The number of piperidine rings is 1. The Morgan fingerprint density at radius 3 is 2.52 bits per heavy atom. The molecule has 1 aromatic carbocycles. The molecule has 5 nitrogen and oxygen atoms in total. The summed E-state index contributed by atoms with van der Waals surface area (Å²) < 4.78 is 28.3. The van der Waals surface area contributed by atoms with E-state index in [0.29, 0.717) is 19.0 Å². The Labute approximate surface area is 137 Å². The second-order valence-corrected chi connectivity index (χ2v) is 7.65.